The molecule has 5 heteroatoms. The molecule has 1 atom stereocenters. The fourth-order valence-electron chi connectivity index (χ4n) is 1.42. The molecule has 0 aliphatic heterocycles. The van der Waals surface area contributed by atoms with Crippen molar-refractivity contribution in [3.63, 3.8) is 0 Å². The first kappa shape index (κ1) is 15.7. The van der Waals surface area contributed by atoms with Crippen LogP contribution < -0.4 is 11.1 Å². The fraction of sp³-hybridized carbons (Fsp3) is 0.417. The molecule has 1 unspecified atom stereocenters. The van der Waals surface area contributed by atoms with Crippen molar-refractivity contribution in [2.75, 3.05) is 5.32 Å². The van der Waals surface area contributed by atoms with Gasteiger partial charge in [-0.15, -0.1) is 12.4 Å². The summed E-state index contributed by atoms with van der Waals surface area (Å²) < 4.78 is 0. The van der Waals surface area contributed by atoms with Crippen molar-refractivity contribution in [1.82, 2.24) is 0 Å². The number of nitrogens with two attached hydrogens (primary N) is 1. The molecule has 96 valence electrons. The van der Waals surface area contributed by atoms with Crippen molar-refractivity contribution in [1.29, 1.82) is 0 Å². The highest BCUT2D eigenvalue weighted by molar-refractivity contribution is 5.95. The van der Waals surface area contributed by atoms with Gasteiger partial charge in [-0.05, 0) is 31.0 Å². The fourth-order valence-corrected chi connectivity index (χ4v) is 1.42. The average Bonchev–Trinajstić information content (AvgIpc) is 2.23. The minimum absolute atomic E-state index is 0. The smallest absolute Gasteiger partial charge is 0.241 e. The number of benzene rings is 1. The highest BCUT2D eigenvalue weighted by Crippen LogP contribution is 2.23. The summed E-state index contributed by atoms with van der Waals surface area (Å²) in [4.78, 5) is 11.6. The summed E-state index contributed by atoms with van der Waals surface area (Å²) in [6, 6.07) is 4.52. The van der Waals surface area contributed by atoms with Crippen LogP contribution in [0, 0.1) is 6.92 Å². The number of nitrogens with one attached hydrogen (secondary N) is 1. The van der Waals surface area contributed by atoms with E-state index in [2.05, 4.69) is 5.32 Å². The molecular weight excluding hydrogens is 240 g/mol. The largest absolute Gasteiger partial charge is 0.506 e. The normalized spacial score (nSPS) is 11.5. The molecule has 1 rings (SSSR count). The Kier molecular flexibility index (Phi) is 6.61. The third-order valence-electron chi connectivity index (χ3n) is 2.35. The Labute approximate surface area is 108 Å². The van der Waals surface area contributed by atoms with E-state index in [4.69, 9.17) is 5.73 Å². The van der Waals surface area contributed by atoms with Crippen LogP contribution in [0.25, 0.3) is 0 Å². The number of phenolic OH excluding ortho intramolecular Hbond substituents is 1. The van der Waals surface area contributed by atoms with E-state index in [1.807, 2.05) is 13.8 Å². The second-order valence-electron chi connectivity index (χ2n) is 3.91. The number of carbonyl (C=O) groups is 1. The van der Waals surface area contributed by atoms with Crippen LogP contribution >= 0.6 is 12.4 Å². The monoisotopic (exact) mass is 258 g/mol. The SMILES string of the molecule is CCCC(N)C(=O)Nc1cc(C)ccc1O.Cl. The lowest BCUT2D eigenvalue weighted by atomic mass is 10.1. The number of amides is 1. The van der Waals surface area contributed by atoms with Gasteiger partial charge >= 0.3 is 0 Å². The zero-order valence-corrected chi connectivity index (χ0v) is 10.9. The maximum Gasteiger partial charge on any atom is 0.241 e. The van der Waals surface area contributed by atoms with Crippen molar-refractivity contribution in [3.8, 4) is 5.75 Å². The van der Waals surface area contributed by atoms with Crippen LogP contribution in [0.5, 0.6) is 5.75 Å². The zero-order valence-electron chi connectivity index (χ0n) is 10.1. The molecule has 0 aliphatic rings. The lowest BCUT2D eigenvalue weighted by Crippen LogP contribution is -2.35. The number of aromatic hydroxyl groups is 1. The van der Waals surface area contributed by atoms with Crippen LogP contribution in [-0.2, 0) is 4.79 Å². The lowest BCUT2D eigenvalue weighted by molar-refractivity contribution is -0.117. The number of hydrogen-bond acceptors (Lipinski definition) is 3. The van der Waals surface area contributed by atoms with Crippen LogP contribution in [0.3, 0.4) is 0 Å². The number of anilines is 1. The van der Waals surface area contributed by atoms with E-state index in [-0.39, 0.29) is 24.1 Å². The van der Waals surface area contributed by atoms with E-state index in [0.29, 0.717) is 12.1 Å². The van der Waals surface area contributed by atoms with Crippen molar-refractivity contribution in [2.24, 2.45) is 5.73 Å². The average molecular weight is 259 g/mol. The van der Waals surface area contributed by atoms with Gasteiger partial charge in [0.1, 0.15) is 5.75 Å². The summed E-state index contributed by atoms with van der Waals surface area (Å²) >= 11 is 0. The predicted octanol–water partition coefficient (Wildman–Crippen LogP) is 2.19. The number of hydrogen-bond donors (Lipinski definition) is 3. The van der Waals surface area contributed by atoms with Gasteiger partial charge in [-0.1, -0.05) is 19.4 Å². The Morgan fingerprint density at radius 1 is 1.53 bits per heavy atom. The molecular formula is C12H19ClN2O2. The molecule has 4 nitrogen and oxygen atoms in total. The second-order valence-corrected chi connectivity index (χ2v) is 3.91. The summed E-state index contributed by atoms with van der Waals surface area (Å²) in [5.41, 5.74) is 7.05. The maximum absolute atomic E-state index is 11.6. The summed E-state index contributed by atoms with van der Waals surface area (Å²) in [5.74, 6) is -0.203. The molecule has 1 aromatic carbocycles. The van der Waals surface area contributed by atoms with Gasteiger partial charge in [-0.3, -0.25) is 4.79 Å². The molecule has 0 heterocycles. The minimum atomic E-state index is -0.523. The number of aryl methyl sites for hydroxylation is 1. The van der Waals surface area contributed by atoms with Gasteiger partial charge in [0.25, 0.3) is 0 Å². The molecule has 0 aromatic heterocycles. The van der Waals surface area contributed by atoms with Crippen molar-refractivity contribution >= 4 is 24.0 Å². The standard InChI is InChI=1S/C12H18N2O2.ClH/c1-3-4-9(13)12(16)14-10-7-8(2)5-6-11(10)15;/h5-7,9,15H,3-4,13H2,1-2H3,(H,14,16);1H. The Bertz CT molecular complexity index is 383. The lowest BCUT2D eigenvalue weighted by Gasteiger charge is -2.12. The highest BCUT2D eigenvalue weighted by atomic mass is 35.5. The number of phenols is 1. The van der Waals surface area contributed by atoms with Crippen molar-refractivity contribution in [2.45, 2.75) is 32.7 Å². The number of carbonyl (C=O) groups excluding carboxylic acids is 1. The first-order chi connectivity index (χ1) is 7.54. The number of rotatable bonds is 4. The molecule has 1 aromatic rings. The molecule has 4 N–H and O–H groups in total. The topological polar surface area (TPSA) is 75.4 Å². The molecule has 0 saturated heterocycles. The summed E-state index contributed by atoms with van der Waals surface area (Å²) in [7, 11) is 0. The van der Waals surface area contributed by atoms with E-state index in [1.165, 1.54) is 0 Å². The van der Waals surface area contributed by atoms with Gasteiger partial charge in [0.05, 0.1) is 11.7 Å². The summed E-state index contributed by atoms with van der Waals surface area (Å²) in [6.45, 7) is 3.86. The quantitative estimate of drug-likeness (QED) is 0.725. The minimum Gasteiger partial charge on any atom is -0.506 e. The summed E-state index contributed by atoms with van der Waals surface area (Å²) in [5, 5.41) is 12.2. The first-order valence-corrected chi connectivity index (χ1v) is 5.40. The van der Waals surface area contributed by atoms with E-state index in [1.54, 1.807) is 18.2 Å². The van der Waals surface area contributed by atoms with Crippen LogP contribution in [-0.4, -0.2) is 17.1 Å². The Morgan fingerprint density at radius 2 is 2.18 bits per heavy atom. The Morgan fingerprint density at radius 3 is 2.76 bits per heavy atom. The Hall–Kier alpha value is -1.26. The number of halogens is 1. The van der Waals surface area contributed by atoms with Crippen LogP contribution in [0.2, 0.25) is 0 Å². The van der Waals surface area contributed by atoms with Gasteiger partial charge in [0.2, 0.25) is 5.91 Å². The van der Waals surface area contributed by atoms with Gasteiger partial charge in [0.15, 0.2) is 0 Å². The third kappa shape index (κ3) is 4.63. The molecule has 0 spiro atoms. The van der Waals surface area contributed by atoms with Crippen molar-refractivity contribution in [3.05, 3.63) is 23.8 Å². The Balaban J connectivity index is 0.00000256. The van der Waals surface area contributed by atoms with Crippen LogP contribution in [0.15, 0.2) is 18.2 Å². The molecule has 0 saturated carbocycles. The first-order valence-electron chi connectivity index (χ1n) is 5.40. The predicted molar refractivity (Wildman–Crippen MR) is 71.6 cm³/mol. The molecule has 0 radical (unpaired) electrons. The molecule has 0 fully saturated rings. The maximum atomic E-state index is 11.6. The van der Waals surface area contributed by atoms with E-state index < -0.39 is 6.04 Å². The molecule has 1 amide bonds. The third-order valence-corrected chi connectivity index (χ3v) is 2.35. The van der Waals surface area contributed by atoms with Crippen LogP contribution in [0.1, 0.15) is 25.3 Å². The van der Waals surface area contributed by atoms with Crippen LogP contribution in [0.4, 0.5) is 5.69 Å². The van der Waals surface area contributed by atoms with Crippen molar-refractivity contribution < 1.29 is 9.90 Å². The van der Waals surface area contributed by atoms with E-state index in [0.717, 1.165) is 12.0 Å². The molecule has 0 aliphatic carbocycles. The highest BCUT2D eigenvalue weighted by Gasteiger charge is 2.13. The summed E-state index contributed by atoms with van der Waals surface area (Å²) in [6.07, 6.45) is 1.49. The molecule has 17 heavy (non-hydrogen) atoms. The van der Waals surface area contributed by atoms with E-state index >= 15 is 0 Å². The van der Waals surface area contributed by atoms with Gasteiger partial charge in [0, 0.05) is 0 Å². The molecule has 0 bridgehead atoms. The second kappa shape index (κ2) is 7.14. The van der Waals surface area contributed by atoms with E-state index in [9.17, 15) is 9.90 Å². The van der Waals surface area contributed by atoms with Gasteiger partial charge < -0.3 is 16.2 Å². The van der Waals surface area contributed by atoms with Gasteiger partial charge in [-0.25, -0.2) is 0 Å². The van der Waals surface area contributed by atoms with Gasteiger partial charge in [-0.2, -0.15) is 0 Å². The zero-order chi connectivity index (χ0) is 12.1.